The third kappa shape index (κ3) is 3180. The van der Waals surface area contributed by atoms with Gasteiger partial charge in [-0.1, -0.05) is 54.8 Å². The van der Waals surface area contributed by atoms with Gasteiger partial charge in [0, 0.05) is 0 Å². The SMILES string of the molecule is [Co+2].[Co+2].[Co+2].[Co+2].[Co+2].[Co+2].[Co+2].[Co+2].[Co+2].[O-][Si]([O-])([O-])F.[O-][Si]([O-])([O-])F.[O-][Si]([O-])([O-])F.[O-][Si]([O-])([O-])F.[O-][Si]([O-])([O-])F.[O-][Si]([O-])([O-])F. The Bertz CT molecular complexity index is 258. The number of hydrogen-bond acceptors (Lipinski definition) is 18. The number of halogens is 6. The minimum Gasteiger partial charge on any atom is -0.857 e. The first-order valence-electron chi connectivity index (χ1n) is 4.81. The van der Waals surface area contributed by atoms with Crippen LogP contribution in [0.5, 0.6) is 0 Å². The maximum Gasteiger partial charge on any atom is 2.00 e. The monoisotopic (exact) mass is 1100 g/mol. The Labute approximate surface area is 313 Å². The van der Waals surface area contributed by atoms with E-state index in [1.54, 1.807) is 0 Å². The summed E-state index contributed by atoms with van der Waals surface area (Å²) >= 11 is 0. The summed E-state index contributed by atoms with van der Waals surface area (Å²) in [4.78, 5) is 152. The van der Waals surface area contributed by atoms with E-state index >= 15 is 0 Å². The van der Waals surface area contributed by atoms with Crippen LogP contribution in [0.2, 0.25) is 0 Å². The molecule has 0 N–H and O–H groups in total. The molecule has 0 aliphatic heterocycles. The van der Waals surface area contributed by atoms with Crippen LogP contribution in [-0.4, -0.2) is 54.8 Å². The summed E-state index contributed by atoms with van der Waals surface area (Å²) in [7, 11) is -35.2. The molecule has 0 bridgehead atoms. The molecule has 0 aliphatic rings. The van der Waals surface area contributed by atoms with Crippen LogP contribution in [0.1, 0.15) is 0 Å². The first kappa shape index (κ1) is 96.7. The van der Waals surface area contributed by atoms with Gasteiger partial charge >= 0.3 is 151 Å². The van der Waals surface area contributed by atoms with Crippen molar-refractivity contribution in [2.45, 2.75) is 0 Å². The predicted octanol–water partition coefficient (Wildman–Crippen LogP) is -21.2. The van der Waals surface area contributed by atoms with Crippen LogP contribution in [0.25, 0.3) is 0 Å². The molecule has 39 heteroatoms. The Balaban J connectivity index is -0.0000000130. The maximum atomic E-state index is 10.2. The Hall–Kier alpha value is 4.72. The van der Waals surface area contributed by atoms with Crippen molar-refractivity contribution in [3.63, 3.8) is 0 Å². The van der Waals surface area contributed by atoms with Gasteiger partial charge in [0.05, 0.1) is 0 Å². The van der Waals surface area contributed by atoms with Gasteiger partial charge in [0.15, 0.2) is 0 Å². The zero-order valence-corrected chi connectivity index (χ0v) is 31.0. The van der Waals surface area contributed by atoms with Crippen LogP contribution in [-0.2, 0) is 151 Å². The van der Waals surface area contributed by atoms with E-state index in [9.17, 15) is 24.6 Å². The first-order chi connectivity index (χ1) is 12.0. The summed E-state index contributed by atoms with van der Waals surface area (Å²) in [5.41, 5.74) is 0. The van der Waals surface area contributed by atoms with Gasteiger partial charge in [0.2, 0.25) is 0 Å². The normalized spacial score (nSPS) is 9.23. The Morgan fingerprint density at radius 1 is 0.179 bits per heavy atom. The van der Waals surface area contributed by atoms with Crippen molar-refractivity contribution in [3.05, 3.63) is 0 Å². The minimum atomic E-state index is -5.86. The van der Waals surface area contributed by atoms with E-state index in [2.05, 4.69) is 0 Å². The molecule has 0 aromatic carbocycles. The van der Waals surface area contributed by atoms with Crippen LogP contribution < -0.4 is 86.3 Å². The molecule has 0 fully saturated rings. The molecule has 0 saturated carbocycles. The smallest absolute Gasteiger partial charge is 0.857 e. The fourth-order valence-electron chi connectivity index (χ4n) is 0. The Kier molecular flexibility index (Phi) is 111. The van der Waals surface area contributed by atoms with Crippen LogP contribution in [0.3, 0.4) is 0 Å². The first-order valence-corrected chi connectivity index (χ1v) is 14.4. The summed E-state index contributed by atoms with van der Waals surface area (Å²) in [5, 5.41) is 0. The van der Waals surface area contributed by atoms with Gasteiger partial charge in [0.25, 0.3) is 0 Å². The van der Waals surface area contributed by atoms with Crippen molar-refractivity contribution in [3.8, 4) is 0 Å². The summed E-state index contributed by atoms with van der Waals surface area (Å²) in [6.07, 6.45) is 0. The molecule has 0 amide bonds. The maximum absolute atomic E-state index is 10.2. The summed E-state index contributed by atoms with van der Waals surface area (Å²) in [6.45, 7) is 0. The predicted molar refractivity (Wildman–Crippen MR) is 41.2 cm³/mol. The quantitative estimate of drug-likeness (QED) is 0.123. The topological polar surface area (TPSA) is 415 Å². The standard InChI is InChI=1S/9Co.6FO3Si/c;;;;;;;;;6*1-5(2,3)4/q9*+2;6*-3. The van der Waals surface area contributed by atoms with E-state index in [1.165, 1.54) is 0 Å². The van der Waals surface area contributed by atoms with Crippen LogP contribution in [0.15, 0.2) is 0 Å². The zero-order valence-electron chi connectivity index (χ0n) is 15.6. The molecule has 0 aromatic rings. The molecule has 0 heterocycles. The van der Waals surface area contributed by atoms with Gasteiger partial charge < -0.3 is 111 Å². The van der Waals surface area contributed by atoms with E-state index in [4.69, 9.17) is 86.3 Å². The summed E-state index contributed by atoms with van der Waals surface area (Å²) in [6, 6.07) is 0. The fourth-order valence-corrected chi connectivity index (χ4v) is 0. The average molecular weight is 1100 g/mol. The van der Waals surface area contributed by atoms with E-state index in [0.717, 1.165) is 0 Å². The Morgan fingerprint density at radius 2 is 0.179 bits per heavy atom. The van der Waals surface area contributed by atoms with Crippen LogP contribution >= 0.6 is 0 Å². The molecule has 0 aromatic heterocycles. The molecule has 39 heavy (non-hydrogen) atoms. The molecule has 0 aliphatic carbocycles. The molecule has 0 unspecified atom stereocenters. The second-order valence-corrected chi connectivity index (χ2v) is 8.67. The molecular weight excluding hydrogens is 1100 g/mol. The van der Waals surface area contributed by atoms with E-state index in [0.29, 0.717) is 0 Å². The van der Waals surface area contributed by atoms with E-state index in [-0.39, 0.29) is 151 Å². The molecule has 0 rings (SSSR count). The van der Waals surface area contributed by atoms with Gasteiger partial charge in [-0.15, -0.1) is 0 Å². The van der Waals surface area contributed by atoms with E-state index < -0.39 is 54.8 Å². The van der Waals surface area contributed by atoms with Crippen LogP contribution in [0.4, 0.5) is 24.6 Å². The second kappa shape index (κ2) is 44.8. The molecule has 0 spiro atoms. The van der Waals surface area contributed by atoms with Crippen LogP contribution in [0, 0.1) is 0 Å². The van der Waals surface area contributed by atoms with Crippen molar-refractivity contribution in [2.75, 3.05) is 0 Å². The third-order valence-electron chi connectivity index (χ3n) is 0. The van der Waals surface area contributed by atoms with Crippen molar-refractivity contribution in [2.24, 2.45) is 0 Å². The molecule has 0 atom stereocenters. The molecular formula is Co9F6O18Si6. The van der Waals surface area contributed by atoms with Gasteiger partial charge in [-0.25, -0.2) is 0 Å². The van der Waals surface area contributed by atoms with E-state index in [1.807, 2.05) is 0 Å². The Morgan fingerprint density at radius 3 is 0.179 bits per heavy atom. The van der Waals surface area contributed by atoms with Crippen molar-refractivity contribution in [1.82, 2.24) is 0 Å². The second-order valence-electron chi connectivity index (χ2n) is 2.89. The third-order valence-corrected chi connectivity index (χ3v) is 0. The fraction of sp³-hybridized carbons (Fsp3) is 0. The largest absolute Gasteiger partial charge is 2.00 e. The summed E-state index contributed by atoms with van der Waals surface area (Å²) in [5.74, 6) is 0. The van der Waals surface area contributed by atoms with Gasteiger partial charge in [-0.3, -0.25) is 0 Å². The number of hydrogen-bond donors (Lipinski definition) is 0. The molecule has 18 nitrogen and oxygen atoms in total. The van der Waals surface area contributed by atoms with Crippen molar-refractivity contribution < 1.29 is 262 Å². The molecule has 0 saturated heterocycles. The minimum absolute atomic E-state index is 0. The molecule has 255 valence electrons. The molecule has 9 radical (unpaired) electrons. The summed E-state index contributed by atoms with van der Waals surface area (Å²) < 4.78 is 61.0. The zero-order chi connectivity index (χ0) is 27.0. The van der Waals surface area contributed by atoms with Crippen molar-refractivity contribution in [1.29, 1.82) is 0 Å². The average Bonchev–Trinajstić information content (AvgIpc) is 1.94. The van der Waals surface area contributed by atoms with Gasteiger partial charge in [-0.2, -0.15) is 0 Å². The van der Waals surface area contributed by atoms with Gasteiger partial charge in [-0.05, 0) is 0 Å². The van der Waals surface area contributed by atoms with Crippen molar-refractivity contribution >= 4 is 54.8 Å². The van der Waals surface area contributed by atoms with Gasteiger partial charge in [0.1, 0.15) is 0 Å². The number of rotatable bonds is 0.